The molecule has 32 heavy (non-hydrogen) atoms. The predicted octanol–water partition coefficient (Wildman–Crippen LogP) is 5.88. The maximum absolute atomic E-state index is 5.89. The minimum absolute atomic E-state index is 0.311. The SMILES string of the molecule is C[C@@H]([C@H]1C[C@@H]2CC[C@H]1C2)n1c(SCc2nnc(-c3ccccc3)o2)nnc1-c1ccco1. The van der Waals surface area contributed by atoms with E-state index in [1.165, 1.54) is 25.7 Å². The van der Waals surface area contributed by atoms with Gasteiger partial charge in [0.2, 0.25) is 17.6 Å². The van der Waals surface area contributed by atoms with Gasteiger partial charge in [-0.25, -0.2) is 0 Å². The maximum Gasteiger partial charge on any atom is 0.247 e. The molecule has 0 unspecified atom stereocenters. The second-order valence-corrected chi connectivity index (χ2v) is 9.83. The first-order valence-electron chi connectivity index (χ1n) is 11.3. The van der Waals surface area contributed by atoms with Crippen molar-refractivity contribution in [3.05, 3.63) is 54.6 Å². The van der Waals surface area contributed by atoms with Gasteiger partial charge in [-0.2, -0.15) is 0 Å². The lowest BCUT2D eigenvalue weighted by Crippen LogP contribution is -2.23. The molecule has 4 atom stereocenters. The molecule has 0 radical (unpaired) electrons. The Labute approximate surface area is 190 Å². The largest absolute Gasteiger partial charge is 0.461 e. The van der Waals surface area contributed by atoms with Gasteiger partial charge in [0, 0.05) is 11.6 Å². The quantitative estimate of drug-likeness (QED) is 0.327. The van der Waals surface area contributed by atoms with Gasteiger partial charge in [0.25, 0.3) is 0 Å². The van der Waals surface area contributed by atoms with E-state index in [4.69, 9.17) is 8.83 Å². The monoisotopic (exact) mass is 447 g/mol. The second kappa shape index (κ2) is 8.24. The highest BCUT2D eigenvalue weighted by Crippen LogP contribution is 2.53. The van der Waals surface area contributed by atoms with E-state index in [1.807, 2.05) is 42.5 Å². The third-order valence-corrected chi connectivity index (χ3v) is 7.97. The first kappa shape index (κ1) is 19.8. The summed E-state index contributed by atoms with van der Waals surface area (Å²) in [5.41, 5.74) is 0.921. The molecule has 164 valence electrons. The summed E-state index contributed by atoms with van der Waals surface area (Å²) < 4.78 is 13.8. The summed E-state index contributed by atoms with van der Waals surface area (Å²) >= 11 is 1.59. The number of rotatable bonds is 7. The standard InChI is InChI=1S/C24H25N5O2S/c1-15(19-13-16-9-10-18(19)12-16)29-22(20-8-5-11-30-20)26-28-24(29)32-14-21-25-27-23(31-21)17-6-3-2-4-7-17/h2-8,11,15-16,18-19H,9-10,12-14H2,1H3/t15-,16+,18-,19+/m0/s1. The summed E-state index contributed by atoms with van der Waals surface area (Å²) in [6.45, 7) is 2.31. The van der Waals surface area contributed by atoms with Crippen molar-refractivity contribution in [2.75, 3.05) is 0 Å². The number of fused-ring (bicyclic) bond motifs is 2. The Kier molecular flexibility index (Phi) is 5.09. The highest BCUT2D eigenvalue weighted by molar-refractivity contribution is 7.98. The predicted molar refractivity (Wildman–Crippen MR) is 121 cm³/mol. The molecule has 0 amide bonds. The number of thioether (sulfide) groups is 1. The zero-order valence-corrected chi connectivity index (χ0v) is 18.7. The molecule has 1 aromatic carbocycles. The molecule has 2 fully saturated rings. The lowest BCUT2D eigenvalue weighted by Gasteiger charge is -2.30. The third kappa shape index (κ3) is 3.56. The van der Waals surface area contributed by atoms with Crippen molar-refractivity contribution in [1.82, 2.24) is 25.0 Å². The minimum Gasteiger partial charge on any atom is -0.461 e. The summed E-state index contributed by atoms with van der Waals surface area (Å²) in [7, 11) is 0. The zero-order valence-electron chi connectivity index (χ0n) is 17.9. The summed E-state index contributed by atoms with van der Waals surface area (Å²) in [4.78, 5) is 0. The number of nitrogens with zero attached hydrogens (tertiary/aromatic N) is 5. The van der Waals surface area contributed by atoms with Crippen LogP contribution < -0.4 is 0 Å². The molecule has 2 saturated carbocycles. The summed E-state index contributed by atoms with van der Waals surface area (Å²) in [5.74, 6) is 5.56. The van der Waals surface area contributed by atoms with Crippen LogP contribution in [-0.2, 0) is 5.75 Å². The molecule has 0 spiro atoms. The molecular weight excluding hydrogens is 422 g/mol. The fourth-order valence-corrected chi connectivity index (χ4v) is 6.39. The van der Waals surface area contributed by atoms with E-state index < -0.39 is 0 Å². The molecule has 2 bridgehead atoms. The molecule has 8 heteroatoms. The molecule has 3 aromatic heterocycles. The van der Waals surface area contributed by atoms with Gasteiger partial charge in [-0.3, -0.25) is 4.57 Å². The van der Waals surface area contributed by atoms with Crippen LogP contribution in [0, 0.1) is 17.8 Å². The molecule has 7 nitrogen and oxygen atoms in total. The summed E-state index contributed by atoms with van der Waals surface area (Å²) in [6.07, 6.45) is 7.11. The molecule has 2 aliphatic carbocycles. The average Bonchev–Trinajstić information content (AvgIpc) is 3.66. The Morgan fingerprint density at radius 3 is 2.69 bits per heavy atom. The number of furan rings is 1. The lowest BCUT2D eigenvalue weighted by molar-refractivity contribution is 0.235. The Balaban J connectivity index is 1.26. The van der Waals surface area contributed by atoms with Gasteiger partial charge in [-0.05, 0) is 68.2 Å². The molecule has 6 rings (SSSR count). The molecule has 0 saturated heterocycles. The Morgan fingerprint density at radius 2 is 1.94 bits per heavy atom. The van der Waals surface area contributed by atoms with Crippen LogP contribution in [0.4, 0.5) is 0 Å². The highest BCUT2D eigenvalue weighted by Gasteiger charge is 2.43. The minimum atomic E-state index is 0.311. The Bertz CT molecular complexity index is 1190. The average molecular weight is 448 g/mol. The van der Waals surface area contributed by atoms with E-state index in [9.17, 15) is 0 Å². The van der Waals surface area contributed by atoms with Gasteiger partial charge >= 0.3 is 0 Å². The van der Waals surface area contributed by atoms with Gasteiger partial charge in [-0.1, -0.05) is 36.4 Å². The molecular formula is C24H25N5O2S. The van der Waals surface area contributed by atoms with E-state index in [-0.39, 0.29) is 0 Å². The second-order valence-electron chi connectivity index (χ2n) is 8.89. The fourth-order valence-electron chi connectivity index (χ4n) is 5.53. The van der Waals surface area contributed by atoms with E-state index in [1.54, 1.807) is 18.0 Å². The van der Waals surface area contributed by atoms with Crippen molar-refractivity contribution >= 4 is 11.8 Å². The van der Waals surface area contributed by atoms with E-state index >= 15 is 0 Å². The topological polar surface area (TPSA) is 82.8 Å². The zero-order chi connectivity index (χ0) is 21.5. The van der Waals surface area contributed by atoms with E-state index in [0.717, 1.165) is 34.1 Å². The van der Waals surface area contributed by atoms with Crippen LogP contribution in [0.3, 0.4) is 0 Å². The van der Waals surface area contributed by atoms with Gasteiger partial charge < -0.3 is 8.83 Å². The number of benzene rings is 1. The van der Waals surface area contributed by atoms with Gasteiger partial charge in [0.15, 0.2) is 10.9 Å². The van der Waals surface area contributed by atoms with Crippen molar-refractivity contribution in [3.8, 4) is 23.0 Å². The van der Waals surface area contributed by atoms with Crippen LogP contribution in [0.25, 0.3) is 23.0 Å². The number of hydrogen-bond acceptors (Lipinski definition) is 7. The number of aromatic nitrogens is 5. The van der Waals surface area contributed by atoms with Gasteiger partial charge in [-0.15, -0.1) is 20.4 Å². The van der Waals surface area contributed by atoms with Gasteiger partial charge in [0.1, 0.15) is 0 Å². The van der Waals surface area contributed by atoms with Crippen LogP contribution in [0.15, 0.2) is 62.7 Å². The molecule has 3 heterocycles. The van der Waals surface area contributed by atoms with Crippen LogP contribution in [0.5, 0.6) is 0 Å². The molecule has 0 N–H and O–H groups in total. The van der Waals surface area contributed by atoms with Crippen LogP contribution in [0.1, 0.15) is 44.5 Å². The number of hydrogen-bond donors (Lipinski definition) is 0. The van der Waals surface area contributed by atoms with Crippen molar-refractivity contribution in [2.45, 2.75) is 49.6 Å². The molecule has 2 aliphatic rings. The summed E-state index contributed by atoms with van der Waals surface area (Å²) in [5, 5.41) is 18.3. The smallest absolute Gasteiger partial charge is 0.247 e. The van der Waals surface area contributed by atoms with Crippen molar-refractivity contribution in [1.29, 1.82) is 0 Å². The van der Waals surface area contributed by atoms with Crippen LogP contribution >= 0.6 is 11.8 Å². The first-order chi connectivity index (χ1) is 15.8. The summed E-state index contributed by atoms with van der Waals surface area (Å²) in [6, 6.07) is 14.0. The first-order valence-corrected chi connectivity index (χ1v) is 12.2. The van der Waals surface area contributed by atoms with Crippen LogP contribution in [0.2, 0.25) is 0 Å². The third-order valence-electron chi connectivity index (χ3n) is 7.04. The van der Waals surface area contributed by atoms with Gasteiger partial charge in [0.05, 0.1) is 12.0 Å². The Hall–Kier alpha value is -2.87. The van der Waals surface area contributed by atoms with Crippen molar-refractivity contribution < 1.29 is 8.83 Å². The fraction of sp³-hybridized carbons (Fsp3) is 0.417. The highest BCUT2D eigenvalue weighted by atomic mass is 32.2. The molecule has 4 aromatic rings. The lowest BCUT2D eigenvalue weighted by atomic mass is 9.84. The Morgan fingerprint density at radius 1 is 1.03 bits per heavy atom. The van der Waals surface area contributed by atoms with E-state index in [0.29, 0.717) is 29.5 Å². The maximum atomic E-state index is 5.89. The van der Waals surface area contributed by atoms with Crippen molar-refractivity contribution in [2.24, 2.45) is 17.8 Å². The molecule has 0 aliphatic heterocycles. The normalized spacial score (nSPS) is 23.1. The van der Waals surface area contributed by atoms with Crippen LogP contribution in [-0.4, -0.2) is 25.0 Å². The van der Waals surface area contributed by atoms with E-state index in [2.05, 4.69) is 31.9 Å². The van der Waals surface area contributed by atoms with Crippen molar-refractivity contribution in [3.63, 3.8) is 0 Å².